The van der Waals surface area contributed by atoms with Crippen LogP contribution in [-0.2, 0) is 11.3 Å². The highest BCUT2D eigenvalue weighted by atomic mass is 16.5. The highest BCUT2D eigenvalue weighted by molar-refractivity contribution is 4.87. The fraction of sp³-hybridized carbons (Fsp3) is 0.818. The Balaban J connectivity index is 2.28. The fourth-order valence-corrected chi connectivity index (χ4v) is 1.45. The first-order chi connectivity index (χ1) is 7.63. The average Bonchev–Trinajstić information content (AvgIpc) is 2.52. The van der Waals surface area contributed by atoms with Gasteiger partial charge in [-0.1, -0.05) is 13.3 Å². The summed E-state index contributed by atoms with van der Waals surface area (Å²) in [6, 6.07) is 0. The van der Waals surface area contributed by atoms with E-state index in [0.717, 1.165) is 24.5 Å². The molecule has 1 aromatic rings. The molecule has 0 aliphatic carbocycles. The van der Waals surface area contributed by atoms with Gasteiger partial charge in [-0.25, -0.2) is 9.67 Å². The zero-order valence-electron chi connectivity index (χ0n) is 10.3. The Morgan fingerprint density at radius 3 is 2.75 bits per heavy atom. The summed E-state index contributed by atoms with van der Waals surface area (Å²) < 4.78 is 7.05. The number of hydrogen-bond donors (Lipinski definition) is 1. The Bertz CT molecular complexity index is 312. The number of ether oxygens (including phenoxy) is 1. The van der Waals surface area contributed by atoms with Gasteiger partial charge in [-0.15, -0.1) is 0 Å². The Kier molecular flexibility index (Phi) is 5.42. The first-order valence-electron chi connectivity index (χ1n) is 5.77. The number of aryl methyl sites for hydroxylation is 2. The summed E-state index contributed by atoms with van der Waals surface area (Å²) in [6.45, 7) is 7.35. The zero-order chi connectivity index (χ0) is 12.0. The lowest BCUT2D eigenvalue weighted by Gasteiger charge is -2.11. The van der Waals surface area contributed by atoms with Crippen molar-refractivity contribution in [3.8, 4) is 0 Å². The molecule has 16 heavy (non-hydrogen) atoms. The lowest BCUT2D eigenvalue weighted by atomic mass is 10.3. The SMILES string of the molecule is CCCCOCC(O)Cn1nc(C)nc1C. The summed E-state index contributed by atoms with van der Waals surface area (Å²) in [5.41, 5.74) is 0. The molecule has 1 heterocycles. The van der Waals surface area contributed by atoms with Crippen molar-refractivity contribution < 1.29 is 9.84 Å². The summed E-state index contributed by atoms with van der Waals surface area (Å²) in [4.78, 5) is 4.17. The number of nitrogens with zero attached hydrogens (tertiary/aromatic N) is 3. The van der Waals surface area contributed by atoms with Crippen molar-refractivity contribution in [2.45, 2.75) is 46.3 Å². The molecule has 0 fully saturated rings. The second-order valence-corrected chi connectivity index (χ2v) is 3.97. The van der Waals surface area contributed by atoms with Crippen LogP contribution >= 0.6 is 0 Å². The average molecular weight is 227 g/mol. The molecular weight excluding hydrogens is 206 g/mol. The monoisotopic (exact) mass is 227 g/mol. The molecule has 0 radical (unpaired) electrons. The third kappa shape index (κ3) is 4.28. The molecular formula is C11H21N3O2. The van der Waals surface area contributed by atoms with Crippen LogP contribution in [0.4, 0.5) is 0 Å². The molecule has 1 N–H and O–H groups in total. The first kappa shape index (κ1) is 13.1. The fourth-order valence-electron chi connectivity index (χ4n) is 1.45. The molecule has 92 valence electrons. The van der Waals surface area contributed by atoms with Gasteiger partial charge < -0.3 is 9.84 Å². The van der Waals surface area contributed by atoms with E-state index >= 15 is 0 Å². The molecule has 0 saturated heterocycles. The topological polar surface area (TPSA) is 60.2 Å². The van der Waals surface area contributed by atoms with Gasteiger partial charge in [0.05, 0.1) is 19.3 Å². The van der Waals surface area contributed by atoms with E-state index in [1.807, 2.05) is 13.8 Å². The van der Waals surface area contributed by atoms with Gasteiger partial charge in [0.1, 0.15) is 11.6 Å². The Hall–Kier alpha value is -0.940. The van der Waals surface area contributed by atoms with Gasteiger partial charge >= 0.3 is 0 Å². The molecule has 0 saturated carbocycles. The van der Waals surface area contributed by atoms with Crippen molar-refractivity contribution in [1.82, 2.24) is 14.8 Å². The Morgan fingerprint density at radius 2 is 2.19 bits per heavy atom. The molecule has 5 nitrogen and oxygen atoms in total. The molecule has 1 unspecified atom stereocenters. The molecule has 0 aliphatic heterocycles. The smallest absolute Gasteiger partial charge is 0.147 e. The van der Waals surface area contributed by atoms with Crippen LogP contribution in [0.15, 0.2) is 0 Å². The number of aromatic nitrogens is 3. The second kappa shape index (κ2) is 6.60. The van der Waals surface area contributed by atoms with Crippen LogP contribution in [0.1, 0.15) is 31.4 Å². The van der Waals surface area contributed by atoms with Gasteiger partial charge in [0.25, 0.3) is 0 Å². The first-order valence-corrected chi connectivity index (χ1v) is 5.77. The molecule has 0 amide bonds. The van der Waals surface area contributed by atoms with Crippen molar-refractivity contribution in [1.29, 1.82) is 0 Å². The molecule has 1 aromatic heterocycles. The quantitative estimate of drug-likeness (QED) is 0.708. The maximum Gasteiger partial charge on any atom is 0.147 e. The second-order valence-electron chi connectivity index (χ2n) is 3.97. The number of hydrogen-bond acceptors (Lipinski definition) is 4. The minimum Gasteiger partial charge on any atom is -0.389 e. The number of rotatable bonds is 7. The maximum atomic E-state index is 9.72. The van der Waals surface area contributed by atoms with E-state index in [1.54, 1.807) is 4.68 Å². The van der Waals surface area contributed by atoms with Crippen molar-refractivity contribution >= 4 is 0 Å². The lowest BCUT2D eigenvalue weighted by Crippen LogP contribution is -2.23. The predicted molar refractivity (Wildman–Crippen MR) is 61.2 cm³/mol. The number of aliphatic hydroxyl groups excluding tert-OH is 1. The van der Waals surface area contributed by atoms with E-state index in [4.69, 9.17) is 4.74 Å². The van der Waals surface area contributed by atoms with Crippen molar-refractivity contribution in [3.05, 3.63) is 11.6 Å². The highest BCUT2D eigenvalue weighted by Crippen LogP contribution is 1.99. The third-order valence-electron chi connectivity index (χ3n) is 2.30. The van der Waals surface area contributed by atoms with Gasteiger partial charge in [-0.3, -0.25) is 0 Å². The van der Waals surface area contributed by atoms with Gasteiger partial charge in [-0.2, -0.15) is 5.10 Å². The minimum atomic E-state index is -0.517. The van der Waals surface area contributed by atoms with Gasteiger partial charge in [0.15, 0.2) is 0 Å². The van der Waals surface area contributed by atoms with Gasteiger partial charge in [0, 0.05) is 6.61 Å². The van der Waals surface area contributed by atoms with E-state index in [1.165, 1.54) is 0 Å². The van der Waals surface area contributed by atoms with Crippen LogP contribution in [-0.4, -0.2) is 39.2 Å². The van der Waals surface area contributed by atoms with Crippen LogP contribution in [0.2, 0.25) is 0 Å². The zero-order valence-corrected chi connectivity index (χ0v) is 10.3. The van der Waals surface area contributed by atoms with E-state index in [0.29, 0.717) is 19.8 Å². The third-order valence-corrected chi connectivity index (χ3v) is 2.30. The van der Waals surface area contributed by atoms with Crippen molar-refractivity contribution in [2.75, 3.05) is 13.2 Å². The molecule has 0 aliphatic rings. The molecule has 1 atom stereocenters. The van der Waals surface area contributed by atoms with Crippen LogP contribution in [0.25, 0.3) is 0 Å². The summed E-state index contributed by atoms with van der Waals surface area (Å²) in [5.74, 6) is 1.56. The van der Waals surface area contributed by atoms with Crippen LogP contribution in [0.5, 0.6) is 0 Å². The molecule has 0 bridgehead atoms. The van der Waals surface area contributed by atoms with E-state index < -0.39 is 6.10 Å². The standard InChI is InChI=1S/C11H21N3O2/c1-4-5-6-16-8-11(15)7-14-10(3)12-9(2)13-14/h11,15H,4-8H2,1-3H3. The minimum absolute atomic E-state index is 0.359. The van der Waals surface area contributed by atoms with Gasteiger partial charge in [-0.05, 0) is 20.3 Å². The molecule has 0 aromatic carbocycles. The Morgan fingerprint density at radius 1 is 1.44 bits per heavy atom. The van der Waals surface area contributed by atoms with E-state index in [9.17, 15) is 5.11 Å². The molecule has 0 spiro atoms. The number of unbranched alkanes of at least 4 members (excludes halogenated alkanes) is 1. The van der Waals surface area contributed by atoms with Crippen LogP contribution in [0, 0.1) is 13.8 Å². The lowest BCUT2D eigenvalue weighted by molar-refractivity contribution is 0.0250. The highest BCUT2D eigenvalue weighted by Gasteiger charge is 2.09. The molecule has 1 rings (SSSR count). The molecule has 5 heteroatoms. The largest absolute Gasteiger partial charge is 0.389 e. The van der Waals surface area contributed by atoms with Crippen molar-refractivity contribution in [2.24, 2.45) is 0 Å². The van der Waals surface area contributed by atoms with Crippen LogP contribution in [0.3, 0.4) is 0 Å². The van der Waals surface area contributed by atoms with E-state index in [-0.39, 0.29) is 0 Å². The predicted octanol–water partition coefficient (Wildman–Crippen LogP) is 1.07. The van der Waals surface area contributed by atoms with Gasteiger partial charge in [0.2, 0.25) is 0 Å². The van der Waals surface area contributed by atoms with E-state index in [2.05, 4.69) is 17.0 Å². The normalized spacial score (nSPS) is 13.0. The summed E-state index contributed by atoms with van der Waals surface area (Å²) in [6.07, 6.45) is 1.63. The Labute approximate surface area is 96.5 Å². The summed E-state index contributed by atoms with van der Waals surface area (Å²) in [5, 5.41) is 13.9. The van der Waals surface area contributed by atoms with Crippen LogP contribution < -0.4 is 0 Å². The summed E-state index contributed by atoms with van der Waals surface area (Å²) in [7, 11) is 0. The van der Waals surface area contributed by atoms with Crippen molar-refractivity contribution in [3.63, 3.8) is 0 Å². The number of aliphatic hydroxyl groups is 1. The summed E-state index contributed by atoms with van der Waals surface area (Å²) >= 11 is 0. The maximum absolute atomic E-state index is 9.72.